The lowest BCUT2D eigenvalue weighted by Crippen LogP contribution is -2.44. The number of Topliss-reactive ketones (excluding diaryl/α,β-unsaturated/α-hetero) is 1. The van der Waals surface area contributed by atoms with Gasteiger partial charge >= 0.3 is 0 Å². The molecule has 2 atom stereocenters. The smallest absolute Gasteiger partial charge is 0.227 e. The molecule has 1 saturated heterocycles. The summed E-state index contributed by atoms with van der Waals surface area (Å²) in [5.41, 5.74) is 3.13. The minimum atomic E-state index is -0.544. The van der Waals surface area contributed by atoms with Gasteiger partial charge in [0.05, 0.1) is 7.11 Å². The molecule has 1 fully saturated rings. The van der Waals surface area contributed by atoms with E-state index in [-0.39, 0.29) is 23.5 Å². The summed E-state index contributed by atoms with van der Waals surface area (Å²) in [5.74, 6) is 1.58. The molecule has 2 aromatic carbocycles. The van der Waals surface area contributed by atoms with Crippen molar-refractivity contribution in [2.75, 3.05) is 7.11 Å². The Balaban J connectivity index is 2.02. The van der Waals surface area contributed by atoms with Gasteiger partial charge in [0.2, 0.25) is 5.91 Å². The van der Waals surface area contributed by atoms with Gasteiger partial charge in [-0.15, -0.1) is 0 Å². The summed E-state index contributed by atoms with van der Waals surface area (Å²) >= 11 is 0. The molecular formula is C27H35NO3. The maximum absolute atomic E-state index is 13.7. The van der Waals surface area contributed by atoms with Crippen molar-refractivity contribution in [2.45, 2.75) is 65.5 Å². The maximum Gasteiger partial charge on any atom is 0.227 e. The lowest BCUT2D eigenvalue weighted by Gasteiger charge is -2.37. The molecule has 1 unspecified atom stereocenters. The zero-order valence-electron chi connectivity index (χ0n) is 19.4. The average molecular weight is 422 g/mol. The summed E-state index contributed by atoms with van der Waals surface area (Å²) in [5, 5.41) is 0. The Bertz CT molecular complexity index is 884. The third-order valence-electron chi connectivity index (χ3n) is 6.39. The average Bonchev–Trinajstić information content (AvgIpc) is 2.75. The Morgan fingerprint density at radius 1 is 0.968 bits per heavy atom. The van der Waals surface area contributed by atoms with Crippen molar-refractivity contribution < 1.29 is 14.3 Å². The monoisotopic (exact) mass is 421 g/mol. The van der Waals surface area contributed by atoms with Crippen LogP contribution in [0.5, 0.6) is 5.75 Å². The van der Waals surface area contributed by atoms with Gasteiger partial charge in [-0.2, -0.15) is 0 Å². The van der Waals surface area contributed by atoms with Crippen LogP contribution in [0, 0.1) is 11.8 Å². The molecule has 4 heteroatoms. The van der Waals surface area contributed by atoms with E-state index in [1.807, 2.05) is 41.3 Å². The molecule has 0 N–H and O–H groups in total. The largest absolute Gasteiger partial charge is 0.497 e. The molecule has 1 aliphatic rings. The fourth-order valence-electron chi connectivity index (χ4n) is 4.41. The van der Waals surface area contributed by atoms with Crippen molar-refractivity contribution in [3.63, 3.8) is 0 Å². The molecule has 0 spiro atoms. The number of hydrogen-bond donors (Lipinski definition) is 0. The van der Waals surface area contributed by atoms with Crippen LogP contribution in [0.1, 0.15) is 75.6 Å². The number of hydrogen-bond acceptors (Lipinski definition) is 3. The molecule has 1 aliphatic heterocycles. The topological polar surface area (TPSA) is 46.6 Å². The van der Waals surface area contributed by atoms with Gasteiger partial charge < -0.3 is 9.64 Å². The molecule has 0 saturated carbocycles. The maximum atomic E-state index is 13.7. The third kappa shape index (κ3) is 5.36. The normalized spacial score (nSPS) is 20.2. The molecule has 2 aromatic rings. The van der Waals surface area contributed by atoms with Crippen LogP contribution in [0.3, 0.4) is 0 Å². The van der Waals surface area contributed by atoms with Gasteiger partial charge in [-0.25, -0.2) is 0 Å². The number of benzene rings is 2. The quantitative estimate of drug-likeness (QED) is 0.582. The molecule has 4 nitrogen and oxygen atoms in total. The molecule has 166 valence electrons. The predicted molar refractivity (Wildman–Crippen MR) is 124 cm³/mol. The Morgan fingerprint density at radius 3 is 2.16 bits per heavy atom. The van der Waals surface area contributed by atoms with Gasteiger partial charge in [0.25, 0.3) is 0 Å². The zero-order valence-corrected chi connectivity index (χ0v) is 19.4. The summed E-state index contributed by atoms with van der Waals surface area (Å²) in [7, 11) is 1.64. The molecule has 0 aromatic heterocycles. The lowest BCUT2D eigenvalue weighted by molar-refractivity contribution is -0.147. The summed E-state index contributed by atoms with van der Waals surface area (Å²) < 4.78 is 5.27. The molecule has 3 rings (SSSR count). The van der Waals surface area contributed by atoms with E-state index < -0.39 is 6.04 Å². The highest BCUT2D eigenvalue weighted by Gasteiger charge is 2.37. The van der Waals surface area contributed by atoms with Crippen LogP contribution >= 0.6 is 0 Å². The van der Waals surface area contributed by atoms with Crippen molar-refractivity contribution in [2.24, 2.45) is 11.8 Å². The fraction of sp³-hybridized carbons (Fsp3) is 0.481. The van der Waals surface area contributed by atoms with Crippen molar-refractivity contribution >= 4 is 11.7 Å². The number of ketones is 1. The standard InChI is InChI=1S/C27H35NO3/c1-18(2)21-11-13-22(14-12-21)26-25(29)8-6-7-24(19(3)4)27(30)28(26)17-20-9-15-23(31-5)16-10-20/h9-16,18-19,24,26H,6-8,17H2,1-5H3/t24-,26?/m1/s1. The second kappa shape index (κ2) is 10.1. The van der Waals surface area contributed by atoms with Crippen molar-refractivity contribution in [1.29, 1.82) is 0 Å². The Morgan fingerprint density at radius 2 is 1.61 bits per heavy atom. The van der Waals surface area contributed by atoms with Gasteiger partial charge in [-0.05, 0) is 53.5 Å². The second-order valence-corrected chi connectivity index (χ2v) is 9.25. The number of methoxy groups -OCH3 is 1. The first-order valence-electron chi connectivity index (χ1n) is 11.4. The van der Waals surface area contributed by atoms with Crippen LogP contribution in [0.4, 0.5) is 0 Å². The number of rotatable bonds is 6. The van der Waals surface area contributed by atoms with Crippen molar-refractivity contribution in [3.05, 3.63) is 65.2 Å². The van der Waals surface area contributed by atoms with E-state index in [0.29, 0.717) is 18.9 Å². The number of carbonyl (C=O) groups is 2. The van der Waals surface area contributed by atoms with Crippen LogP contribution in [-0.4, -0.2) is 23.7 Å². The number of carbonyl (C=O) groups excluding carboxylic acids is 2. The predicted octanol–water partition coefficient (Wildman–Crippen LogP) is 5.91. The highest BCUT2D eigenvalue weighted by molar-refractivity contribution is 5.91. The Hall–Kier alpha value is -2.62. The van der Waals surface area contributed by atoms with Gasteiger partial charge in [0, 0.05) is 18.9 Å². The SMILES string of the molecule is COc1ccc(CN2C(=O)[C@@H](C(C)C)CCCC(=O)C2c2ccc(C(C)C)cc2)cc1. The molecule has 1 heterocycles. The number of ether oxygens (including phenoxy) is 1. The minimum absolute atomic E-state index is 0.0659. The first-order valence-corrected chi connectivity index (χ1v) is 11.4. The van der Waals surface area contributed by atoms with Crippen LogP contribution < -0.4 is 4.74 Å². The first-order chi connectivity index (χ1) is 14.8. The first kappa shape index (κ1) is 23.1. The van der Waals surface area contributed by atoms with E-state index in [1.165, 1.54) is 5.56 Å². The lowest BCUT2D eigenvalue weighted by atomic mass is 9.84. The molecule has 0 aliphatic carbocycles. The molecular weight excluding hydrogens is 386 g/mol. The van der Waals surface area contributed by atoms with E-state index in [2.05, 4.69) is 39.8 Å². The number of nitrogens with zero attached hydrogens (tertiary/aromatic N) is 1. The second-order valence-electron chi connectivity index (χ2n) is 9.25. The van der Waals surface area contributed by atoms with Crippen LogP contribution in [0.2, 0.25) is 0 Å². The summed E-state index contributed by atoms with van der Waals surface area (Å²) in [6.07, 6.45) is 2.04. The van der Waals surface area contributed by atoms with E-state index >= 15 is 0 Å². The number of likely N-dealkylation sites (tertiary alicyclic amines) is 1. The van der Waals surface area contributed by atoms with Gasteiger partial charge in [0.1, 0.15) is 11.8 Å². The van der Waals surface area contributed by atoms with Crippen LogP contribution in [0.25, 0.3) is 0 Å². The van der Waals surface area contributed by atoms with Gasteiger partial charge in [-0.3, -0.25) is 9.59 Å². The molecule has 0 bridgehead atoms. The van der Waals surface area contributed by atoms with Crippen LogP contribution in [0.15, 0.2) is 48.5 Å². The van der Waals surface area contributed by atoms with Gasteiger partial charge in [-0.1, -0.05) is 64.1 Å². The fourth-order valence-corrected chi connectivity index (χ4v) is 4.41. The highest BCUT2D eigenvalue weighted by Crippen LogP contribution is 2.34. The Labute approximate surface area is 186 Å². The van der Waals surface area contributed by atoms with E-state index in [4.69, 9.17) is 4.74 Å². The molecule has 0 radical (unpaired) electrons. The summed E-state index contributed by atoms with van der Waals surface area (Å²) in [4.78, 5) is 28.8. The summed E-state index contributed by atoms with van der Waals surface area (Å²) in [6.45, 7) is 8.92. The van der Waals surface area contributed by atoms with E-state index in [1.54, 1.807) is 7.11 Å². The van der Waals surface area contributed by atoms with Gasteiger partial charge in [0.15, 0.2) is 5.78 Å². The number of amides is 1. The van der Waals surface area contributed by atoms with Crippen molar-refractivity contribution in [1.82, 2.24) is 4.90 Å². The van der Waals surface area contributed by atoms with E-state index in [9.17, 15) is 9.59 Å². The highest BCUT2D eigenvalue weighted by atomic mass is 16.5. The molecule has 1 amide bonds. The third-order valence-corrected chi connectivity index (χ3v) is 6.39. The minimum Gasteiger partial charge on any atom is -0.497 e. The zero-order chi connectivity index (χ0) is 22.5. The van der Waals surface area contributed by atoms with Crippen molar-refractivity contribution in [3.8, 4) is 5.75 Å². The van der Waals surface area contributed by atoms with Crippen LogP contribution in [-0.2, 0) is 16.1 Å². The van der Waals surface area contributed by atoms with E-state index in [0.717, 1.165) is 29.7 Å². The molecule has 31 heavy (non-hydrogen) atoms. The Kier molecular flexibility index (Phi) is 7.53. The summed E-state index contributed by atoms with van der Waals surface area (Å²) in [6, 6.07) is 15.4.